The molecule has 2 aliphatic rings. The van der Waals surface area contributed by atoms with E-state index in [1.807, 2.05) is 12.1 Å². The lowest BCUT2D eigenvalue weighted by Crippen LogP contribution is -3.29. The number of rotatable bonds is 5. The smallest absolute Gasteiger partial charge is 0.278 e. The Morgan fingerprint density at radius 3 is 2.45 bits per heavy atom. The van der Waals surface area contributed by atoms with Crippen molar-refractivity contribution < 1.29 is 14.6 Å². The fourth-order valence-corrected chi connectivity index (χ4v) is 3.29. The van der Waals surface area contributed by atoms with Crippen molar-refractivity contribution in [1.82, 2.24) is 5.32 Å². The van der Waals surface area contributed by atoms with E-state index >= 15 is 0 Å². The van der Waals surface area contributed by atoms with Gasteiger partial charge in [0.2, 0.25) is 0 Å². The molecule has 1 aromatic carbocycles. The third-order valence-electron chi connectivity index (χ3n) is 4.90. The predicted octanol–water partition coefficient (Wildman–Crippen LogP) is -0.709. The van der Waals surface area contributed by atoms with Gasteiger partial charge in [-0.1, -0.05) is 23.7 Å². The van der Waals surface area contributed by atoms with Crippen LogP contribution in [0.5, 0.6) is 0 Å². The van der Waals surface area contributed by atoms with Gasteiger partial charge in [-0.3, -0.25) is 4.79 Å². The van der Waals surface area contributed by atoms with Crippen LogP contribution in [0.2, 0.25) is 5.02 Å². The van der Waals surface area contributed by atoms with Crippen LogP contribution in [-0.4, -0.2) is 44.2 Å². The molecule has 0 spiro atoms. The second-order valence-electron chi connectivity index (χ2n) is 6.72. The molecule has 2 fully saturated rings. The molecule has 1 aliphatic carbocycles. The summed E-state index contributed by atoms with van der Waals surface area (Å²) in [7, 11) is 0. The lowest BCUT2D eigenvalue weighted by Gasteiger charge is -2.32. The molecule has 1 atom stereocenters. The molecule has 0 unspecified atom stereocenters. The van der Waals surface area contributed by atoms with E-state index < -0.39 is 0 Å². The number of hydrogen-bond donors (Lipinski definition) is 3. The maximum atomic E-state index is 12.1. The van der Waals surface area contributed by atoms with Crippen LogP contribution in [0.4, 0.5) is 0 Å². The Labute approximate surface area is 137 Å². The third-order valence-corrected chi connectivity index (χ3v) is 5.15. The number of amides is 1. The molecular weight excluding hydrogens is 298 g/mol. The highest BCUT2D eigenvalue weighted by Crippen LogP contribution is 2.18. The van der Waals surface area contributed by atoms with Crippen molar-refractivity contribution in [3.63, 3.8) is 0 Å². The fraction of sp³-hybridized carbons (Fsp3) is 0.588. The van der Waals surface area contributed by atoms with Gasteiger partial charge in [0, 0.05) is 16.6 Å². The van der Waals surface area contributed by atoms with Crippen LogP contribution in [-0.2, 0) is 11.3 Å². The van der Waals surface area contributed by atoms with Crippen LogP contribution in [0.15, 0.2) is 24.3 Å². The minimum absolute atomic E-state index is 0.0812. The zero-order valence-corrected chi connectivity index (χ0v) is 14.0. The highest BCUT2D eigenvalue weighted by atomic mass is 35.5. The molecule has 1 aliphatic heterocycles. The quantitative estimate of drug-likeness (QED) is 0.658. The largest absolute Gasteiger partial charge is 0.348 e. The molecule has 0 bridgehead atoms. The first kappa shape index (κ1) is 15.8. The van der Waals surface area contributed by atoms with Gasteiger partial charge in [-0.15, -0.1) is 0 Å². The third kappa shape index (κ3) is 4.22. The van der Waals surface area contributed by atoms with Gasteiger partial charge in [-0.2, -0.15) is 0 Å². The van der Waals surface area contributed by atoms with E-state index in [2.05, 4.69) is 24.4 Å². The SMILES string of the molecule is C[C@H](C(=O)NC1CC1)[NH+]1CC[NH+](Cc2ccc(Cl)cc2)CC1. The van der Waals surface area contributed by atoms with Gasteiger partial charge in [0.05, 0.1) is 0 Å². The number of nitrogens with one attached hydrogen (secondary N) is 3. The Morgan fingerprint density at radius 1 is 1.23 bits per heavy atom. The topological polar surface area (TPSA) is 38.0 Å². The second-order valence-corrected chi connectivity index (χ2v) is 7.15. The number of piperazine rings is 1. The molecule has 0 aromatic heterocycles. The molecule has 4 nitrogen and oxygen atoms in total. The first-order valence-corrected chi connectivity index (χ1v) is 8.72. The van der Waals surface area contributed by atoms with Crippen molar-refractivity contribution >= 4 is 17.5 Å². The molecule has 1 aromatic rings. The van der Waals surface area contributed by atoms with E-state index in [-0.39, 0.29) is 11.9 Å². The van der Waals surface area contributed by atoms with E-state index in [1.54, 1.807) is 4.90 Å². The van der Waals surface area contributed by atoms with Crippen LogP contribution in [0, 0.1) is 0 Å². The molecule has 1 saturated heterocycles. The van der Waals surface area contributed by atoms with Crippen LogP contribution in [0.3, 0.4) is 0 Å². The summed E-state index contributed by atoms with van der Waals surface area (Å²) in [5, 5.41) is 3.92. The van der Waals surface area contributed by atoms with Gasteiger partial charge in [0.15, 0.2) is 6.04 Å². The Balaban J connectivity index is 1.45. The summed E-state index contributed by atoms with van der Waals surface area (Å²) in [5.41, 5.74) is 1.34. The normalized spacial score (nSPS) is 26.5. The molecule has 3 N–H and O–H groups in total. The summed E-state index contributed by atoms with van der Waals surface area (Å²) < 4.78 is 0. The fourth-order valence-electron chi connectivity index (χ4n) is 3.16. The summed E-state index contributed by atoms with van der Waals surface area (Å²) >= 11 is 5.93. The van der Waals surface area contributed by atoms with E-state index in [0.717, 1.165) is 50.6 Å². The van der Waals surface area contributed by atoms with E-state index in [1.165, 1.54) is 10.5 Å². The average molecular weight is 324 g/mol. The summed E-state index contributed by atoms with van der Waals surface area (Å²) in [6.45, 7) is 7.51. The van der Waals surface area contributed by atoms with E-state index in [0.29, 0.717) is 6.04 Å². The maximum absolute atomic E-state index is 12.1. The number of hydrogen-bond acceptors (Lipinski definition) is 1. The van der Waals surface area contributed by atoms with Crippen LogP contribution in [0.1, 0.15) is 25.3 Å². The first-order chi connectivity index (χ1) is 10.6. The zero-order chi connectivity index (χ0) is 15.5. The minimum Gasteiger partial charge on any atom is -0.348 e. The van der Waals surface area contributed by atoms with Crippen LogP contribution < -0.4 is 15.1 Å². The molecule has 0 radical (unpaired) electrons. The molecule has 22 heavy (non-hydrogen) atoms. The van der Waals surface area contributed by atoms with Gasteiger partial charge >= 0.3 is 0 Å². The van der Waals surface area contributed by atoms with Gasteiger partial charge in [0.1, 0.15) is 32.7 Å². The lowest BCUT2D eigenvalue weighted by molar-refractivity contribution is -1.02. The van der Waals surface area contributed by atoms with Crippen molar-refractivity contribution in [2.45, 2.75) is 38.4 Å². The maximum Gasteiger partial charge on any atom is 0.278 e. The number of benzene rings is 1. The monoisotopic (exact) mass is 323 g/mol. The van der Waals surface area contributed by atoms with Crippen LogP contribution >= 0.6 is 11.6 Å². The predicted molar refractivity (Wildman–Crippen MR) is 87.2 cm³/mol. The van der Waals surface area contributed by atoms with Gasteiger partial charge in [-0.25, -0.2) is 0 Å². The van der Waals surface area contributed by atoms with Crippen molar-refractivity contribution in [3.05, 3.63) is 34.9 Å². The minimum atomic E-state index is 0.0812. The van der Waals surface area contributed by atoms with Crippen molar-refractivity contribution in [2.24, 2.45) is 0 Å². The average Bonchev–Trinajstić information content (AvgIpc) is 3.33. The van der Waals surface area contributed by atoms with Crippen molar-refractivity contribution in [1.29, 1.82) is 0 Å². The standard InChI is InChI=1S/C17H24ClN3O/c1-13(17(22)19-16-6-7-16)21-10-8-20(9-11-21)12-14-2-4-15(18)5-3-14/h2-5,13,16H,6-12H2,1H3,(H,19,22)/p+2/t13-/m1/s1. The number of quaternary nitrogens is 2. The Bertz CT molecular complexity index is 507. The summed E-state index contributed by atoms with van der Waals surface area (Å²) in [6.07, 6.45) is 2.32. The summed E-state index contributed by atoms with van der Waals surface area (Å²) in [6, 6.07) is 8.69. The number of carbonyl (C=O) groups is 1. The molecule has 5 heteroatoms. The number of halogens is 1. The Kier molecular flexibility index (Phi) is 5.01. The van der Waals surface area contributed by atoms with Crippen molar-refractivity contribution in [2.75, 3.05) is 26.2 Å². The number of carbonyl (C=O) groups excluding carboxylic acids is 1. The Hall–Kier alpha value is -1.10. The Morgan fingerprint density at radius 2 is 1.86 bits per heavy atom. The second kappa shape index (κ2) is 6.99. The molecule has 1 heterocycles. The zero-order valence-electron chi connectivity index (χ0n) is 13.2. The summed E-state index contributed by atoms with van der Waals surface area (Å²) in [5.74, 6) is 0.235. The van der Waals surface area contributed by atoms with E-state index in [9.17, 15) is 4.79 Å². The first-order valence-electron chi connectivity index (χ1n) is 8.35. The lowest BCUT2D eigenvalue weighted by atomic mass is 10.1. The molecule has 3 rings (SSSR count). The molecule has 1 saturated carbocycles. The highest BCUT2D eigenvalue weighted by molar-refractivity contribution is 6.30. The van der Waals surface area contributed by atoms with E-state index in [4.69, 9.17) is 11.6 Å². The molecule has 1 amide bonds. The molecular formula is C17H26ClN3O+2. The highest BCUT2D eigenvalue weighted by Gasteiger charge is 2.33. The van der Waals surface area contributed by atoms with Gasteiger partial charge in [-0.05, 0) is 31.9 Å². The van der Waals surface area contributed by atoms with Gasteiger partial charge in [0.25, 0.3) is 5.91 Å². The van der Waals surface area contributed by atoms with Crippen molar-refractivity contribution in [3.8, 4) is 0 Å². The van der Waals surface area contributed by atoms with Crippen LogP contribution in [0.25, 0.3) is 0 Å². The summed E-state index contributed by atoms with van der Waals surface area (Å²) in [4.78, 5) is 15.2. The molecule has 120 valence electrons. The van der Waals surface area contributed by atoms with Gasteiger partial charge < -0.3 is 15.1 Å².